The molecular formula is C13H16FN3O2S2. The molecule has 0 spiro atoms. The summed E-state index contributed by atoms with van der Waals surface area (Å²) in [7, 11) is -1.85. The second-order valence-electron chi connectivity index (χ2n) is 4.45. The van der Waals surface area contributed by atoms with Crippen molar-refractivity contribution in [3.63, 3.8) is 0 Å². The van der Waals surface area contributed by atoms with Crippen molar-refractivity contribution in [2.24, 2.45) is 0 Å². The Balaban J connectivity index is 2.01. The van der Waals surface area contributed by atoms with Gasteiger partial charge in [0.05, 0.1) is 10.6 Å². The first-order valence-electron chi connectivity index (χ1n) is 6.30. The highest BCUT2D eigenvalue weighted by molar-refractivity contribution is 7.89. The summed E-state index contributed by atoms with van der Waals surface area (Å²) in [6.45, 7) is 1.81. The second-order valence-corrected chi connectivity index (χ2v) is 7.05. The van der Waals surface area contributed by atoms with Crippen LogP contribution in [0.4, 0.5) is 9.52 Å². The molecule has 2 rings (SSSR count). The predicted molar refractivity (Wildman–Crippen MR) is 81.7 cm³/mol. The van der Waals surface area contributed by atoms with Gasteiger partial charge in [0.2, 0.25) is 10.0 Å². The molecule has 0 aliphatic carbocycles. The Hall–Kier alpha value is -1.51. The Labute approximate surface area is 127 Å². The van der Waals surface area contributed by atoms with Gasteiger partial charge >= 0.3 is 0 Å². The number of thiazole rings is 1. The van der Waals surface area contributed by atoms with Crippen molar-refractivity contribution in [1.29, 1.82) is 0 Å². The Morgan fingerprint density at radius 3 is 2.76 bits per heavy atom. The summed E-state index contributed by atoms with van der Waals surface area (Å²) in [5.74, 6) is -0.450. The highest BCUT2D eigenvalue weighted by atomic mass is 32.2. The van der Waals surface area contributed by atoms with Gasteiger partial charge in [-0.3, -0.25) is 0 Å². The molecule has 0 aliphatic heterocycles. The molecule has 0 amide bonds. The lowest BCUT2D eigenvalue weighted by Gasteiger charge is -2.08. The molecular weight excluding hydrogens is 313 g/mol. The van der Waals surface area contributed by atoms with E-state index in [-0.39, 0.29) is 11.4 Å². The van der Waals surface area contributed by atoms with Crippen LogP contribution in [-0.2, 0) is 16.4 Å². The minimum absolute atomic E-state index is 0.0955. The quantitative estimate of drug-likeness (QED) is 0.852. The average molecular weight is 329 g/mol. The topological polar surface area (TPSA) is 71.1 Å². The van der Waals surface area contributed by atoms with E-state index in [0.29, 0.717) is 12.0 Å². The fraction of sp³-hybridized carbons (Fsp3) is 0.308. The number of aryl methyl sites for hydroxylation is 1. The van der Waals surface area contributed by atoms with Crippen LogP contribution in [0.15, 0.2) is 28.5 Å². The van der Waals surface area contributed by atoms with Crippen molar-refractivity contribution >= 4 is 26.5 Å². The van der Waals surface area contributed by atoms with Crippen molar-refractivity contribution < 1.29 is 12.8 Å². The van der Waals surface area contributed by atoms with Gasteiger partial charge < -0.3 is 5.32 Å². The van der Waals surface area contributed by atoms with Crippen LogP contribution < -0.4 is 10.0 Å². The minimum atomic E-state index is -3.63. The number of sulfonamides is 1. The number of aromatic nitrogens is 1. The largest absolute Gasteiger partial charge is 0.365 e. The molecule has 0 atom stereocenters. The first-order valence-corrected chi connectivity index (χ1v) is 8.66. The lowest BCUT2D eigenvalue weighted by Crippen LogP contribution is -2.26. The van der Waals surface area contributed by atoms with E-state index < -0.39 is 15.8 Å². The molecule has 114 valence electrons. The number of hydrogen-bond acceptors (Lipinski definition) is 5. The third-order valence-corrected chi connectivity index (χ3v) is 5.40. The van der Waals surface area contributed by atoms with Gasteiger partial charge in [-0.25, -0.2) is 22.5 Å². The molecule has 0 fully saturated rings. The van der Waals surface area contributed by atoms with Gasteiger partial charge in [-0.1, -0.05) is 0 Å². The van der Waals surface area contributed by atoms with Gasteiger partial charge in [0.15, 0.2) is 5.13 Å². The summed E-state index contributed by atoms with van der Waals surface area (Å²) in [6, 6.07) is 3.62. The molecule has 0 saturated carbocycles. The lowest BCUT2D eigenvalue weighted by atomic mass is 10.2. The number of nitrogens with one attached hydrogen (secondary N) is 2. The summed E-state index contributed by atoms with van der Waals surface area (Å²) >= 11 is 1.47. The Morgan fingerprint density at radius 1 is 1.38 bits per heavy atom. The third-order valence-electron chi connectivity index (χ3n) is 2.87. The SMILES string of the molecule is CNc1nc(CCNS(=O)(=O)c2ccc(F)cc2C)cs1. The second kappa shape index (κ2) is 6.50. The Bertz CT molecular complexity index is 729. The van der Waals surface area contributed by atoms with Crippen molar-refractivity contribution in [3.05, 3.63) is 40.7 Å². The third kappa shape index (κ3) is 3.99. The molecule has 0 bridgehead atoms. The van der Waals surface area contributed by atoms with Crippen LogP contribution in [0.25, 0.3) is 0 Å². The van der Waals surface area contributed by atoms with Crippen LogP contribution in [0.3, 0.4) is 0 Å². The standard InChI is InChI=1S/C13H16FN3O2S2/c1-9-7-10(14)3-4-12(9)21(18,19)16-6-5-11-8-20-13(15-2)17-11/h3-4,7-8,16H,5-6H2,1-2H3,(H,15,17). The number of benzene rings is 1. The van der Waals surface area contributed by atoms with Crippen LogP contribution in [0.2, 0.25) is 0 Å². The summed E-state index contributed by atoms with van der Waals surface area (Å²) < 4.78 is 39.8. The van der Waals surface area contributed by atoms with Crippen molar-refractivity contribution in [2.45, 2.75) is 18.2 Å². The van der Waals surface area contributed by atoms with Crippen molar-refractivity contribution in [3.8, 4) is 0 Å². The van der Waals surface area contributed by atoms with E-state index in [4.69, 9.17) is 0 Å². The molecule has 0 unspecified atom stereocenters. The normalized spacial score (nSPS) is 11.6. The van der Waals surface area contributed by atoms with E-state index in [0.717, 1.165) is 16.9 Å². The van der Waals surface area contributed by atoms with Crippen LogP contribution in [0, 0.1) is 12.7 Å². The number of nitrogens with zero attached hydrogens (tertiary/aromatic N) is 1. The van der Waals surface area contributed by atoms with Crippen LogP contribution >= 0.6 is 11.3 Å². The Kier molecular flexibility index (Phi) is 4.92. The molecule has 2 aromatic rings. The van der Waals surface area contributed by atoms with Crippen LogP contribution in [0.5, 0.6) is 0 Å². The van der Waals surface area contributed by atoms with E-state index in [1.54, 1.807) is 14.0 Å². The molecule has 5 nitrogen and oxygen atoms in total. The molecule has 0 aliphatic rings. The number of halogens is 1. The molecule has 1 aromatic carbocycles. The maximum absolute atomic E-state index is 13.0. The number of hydrogen-bond donors (Lipinski definition) is 2. The van der Waals surface area contributed by atoms with Gasteiger partial charge in [0.1, 0.15) is 5.82 Å². The predicted octanol–water partition coefficient (Wildman–Crippen LogP) is 2.15. The van der Waals surface area contributed by atoms with Gasteiger partial charge in [-0.2, -0.15) is 0 Å². The molecule has 0 radical (unpaired) electrons. The monoisotopic (exact) mass is 329 g/mol. The zero-order valence-electron chi connectivity index (χ0n) is 11.7. The van der Waals surface area contributed by atoms with E-state index >= 15 is 0 Å². The smallest absolute Gasteiger partial charge is 0.240 e. The van der Waals surface area contributed by atoms with Gasteiger partial charge in [0, 0.05) is 25.4 Å². The van der Waals surface area contributed by atoms with Crippen LogP contribution in [0.1, 0.15) is 11.3 Å². The molecule has 1 aromatic heterocycles. The van der Waals surface area contributed by atoms with Gasteiger partial charge in [-0.05, 0) is 30.7 Å². The lowest BCUT2D eigenvalue weighted by molar-refractivity contribution is 0.579. The molecule has 8 heteroatoms. The summed E-state index contributed by atoms with van der Waals surface area (Å²) in [5.41, 5.74) is 1.21. The maximum Gasteiger partial charge on any atom is 0.240 e. The zero-order valence-corrected chi connectivity index (χ0v) is 13.3. The molecule has 0 saturated heterocycles. The first-order chi connectivity index (χ1) is 9.92. The summed E-state index contributed by atoms with van der Waals surface area (Å²) in [5, 5.41) is 5.60. The minimum Gasteiger partial charge on any atom is -0.365 e. The van der Waals surface area contributed by atoms with E-state index in [2.05, 4.69) is 15.0 Å². The van der Waals surface area contributed by atoms with Gasteiger partial charge in [0.25, 0.3) is 0 Å². The zero-order chi connectivity index (χ0) is 15.5. The summed E-state index contributed by atoms with van der Waals surface area (Å²) in [4.78, 5) is 4.37. The van der Waals surface area contributed by atoms with Crippen LogP contribution in [-0.4, -0.2) is 27.0 Å². The fourth-order valence-corrected chi connectivity index (χ4v) is 3.80. The van der Waals surface area contributed by atoms with E-state index in [1.807, 2.05) is 5.38 Å². The van der Waals surface area contributed by atoms with E-state index in [9.17, 15) is 12.8 Å². The first kappa shape index (κ1) is 15.9. The highest BCUT2D eigenvalue weighted by Crippen LogP contribution is 2.17. The molecule has 21 heavy (non-hydrogen) atoms. The molecule has 1 heterocycles. The highest BCUT2D eigenvalue weighted by Gasteiger charge is 2.16. The fourth-order valence-electron chi connectivity index (χ4n) is 1.84. The summed E-state index contributed by atoms with van der Waals surface area (Å²) in [6.07, 6.45) is 0.498. The Morgan fingerprint density at radius 2 is 2.14 bits per heavy atom. The van der Waals surface area contributed by atoms with Crippen molar-refractivity contribution in [2.75, 3.05) is 18.9 Å². The maximum atomic E-state index is 13.0. The molecule has 2 N–H and O–H groups in total. The average Bonchev–Trinajstić information content (AvgIpc) is 2.86. The number of anilines is 1. The van der Waals surface area contributed by atoms with E-state index in [1.165, 1.54) is 23.5 Å². The number of rotatable bonds is 6. The van der Waals surface area contributed by atoms with Gasteiger partial charge in [-0.15, -0.1) is 11.3 Å². The van der Waals surface area contributed by atoms with Crippen molar-refractivity contribution in [1.82, 2.24) is 9.71 Å².